The van der Waals surface area contributed by atoms with Crippen LogP contribution < -0.4 is 4.72 Å². The van der Waals surface area contributed by atoms with Gasteiger partial charge < -0.3 is 0 Å². The molecule has 0 fully saturated rings. The second-order valence-corrected chi connectivity index (χ2v) is 7.53. The SMILES string of the molecule is CC(C)(CCl)CNS(=O)(=O)c1cccc(Br)c1. The highest BCUT2D eigenvalue weighted by Gasteiger charge is 2.21. The summed E-state index contributed by atoms with van der Waals surface area (Å²) in [4.78, 5) is 0.247. The highest BCUT2D eigenvalue weighted by molar-refractivity contribution is 9.10. The van der Waals surface area contributed by atoms with E-state index in [9.17, 15) is 8.42 Å². The summed E-state index contributed by atoms with van der Waals surface area (Å²) in [6, 6.07) is 6.59. The van der Waals surface area contributed by atoms with Gasteiger partial charge in [-0.25, -0.2) is 13.1 Å². The normalized spacial score (nSPS) is 12.7. The van der Waals surface area contributed by atoms with E-state index in [2.05, 4.69) is 20.7 Å². The zero-order valence-corrected chi connectivity index (χ0v) is 12.9. The predicted molar refractivity (Wildman–Crippen MR) is 73.8 cm³/mol. The predicted octanol–water partition coefficient (Wildman–Crippen LogP) is 2.99. The minimum atomic E-state index is -3.46. The molecule has 0 unspecified atom stereocenters. The van der Waals surface area contributed by atoms with Crippen molar-refractivity contribution in [2.45, 2.75) is 18.7 Å². The number of sulfonamides is 1. The number of hydrogen-bond donors (Lipinski definition) is 1. The summed E-state index contributed by atoms with van der Waals surface area (Å²) in [5.74, 6) is 0.397. The second-order valence-electron chi connectivity index (χ2n) is 4.58. The van der Waals surface area contributed by atoms with E-state index in [-0.39, 0.29) is 10.3 Å². The quantitative estimate of drug-likeness (QED) is 0.838. The van der Waals surface area contributed by atoms with Crippen LogP contribution in [0.25, 0.3) is 0 Å². The lowest BCUT2D eigenvalue weighted by molar-refractivity contribution is 0.414. The average molecular weight is 341 g/mol. The van der Waals surface area contributed by atoms with Gasteiger partial charge >= 0.3 is 0 Å². The first-order chi connectivity index (χ1) is 7.77. The third-order valence-electron chi connectivity index (χ3n) is 2.21. The molecule has 0 atom stereocenters. The largest absolute Gasteiger partial charge is 0.240 e. The van der Waals surface area contributed by atoms with Gasteiger partial charge in [0, 0.05) is 16.9 Å². The summed E-state index contributed by atoms with van der Waals surface area (Å²) < 4.78 is 27.2. The van der Waals surface area contributed by atoms with Crippen LogP contribution in [0, 0.1) is 5.41 Å². The van der Waals surface area contributed by atoms with Crippen LogP contribution in [0.2, 0.25) is 0 Å². The summed E-state index contributed by atoms with van der Waals surface area (Å²) in [7, 11) is -3.46. The summed E-state index contributed by atoms with van der Waals surface area (Å²) in [6.45, 7) is 4.12. The van der Waals surface area contributed by atoms with E-state index < -0.39 is 10.0 Å². The number of rotatable bonds is 5. The number of benzene rings is 1. The number of halogens is 2. The minimum absolute atomic E-state index is 0.247. The Balaban J connectivity index is 2.83. The molecule has 17 heavy (non-hydrogen) atoms. The van der Waals surface area contributed by atoms with Crippen LogP contribution >= 0.6 is 27.5 Å². The Labute approximate surface area is 116 Å². The highest BCUT2D eigenvalue weighted by Crippen LogP contribution is 2.19. The van der Waals surface area contributed by atoms with Crippen LogP contribution in [0.1, 0.15) is 13.8 Å². The molecule has 1 aromatic carbocycles. The standard InChI is InChI=1S/C11H15BrClNO2S/c1-11(2,7-13)8-14-17(15,16)10-5-3-4-9(12)6-10/h3-6,14H,7-8H2,1-2H3. The van der Waals surface area contributed by atoms with Gasteiger partial charge in [-0.2, -0.15) is 0 Å². The maximum atomic E-state index is 12.0. The fourth-order valence-corrected chi connectivity index (χ4v) is 2.99. The molecule has 1 rings (SSSR count). The molecule has 3 nitrogen and oxygen atoms in total. The van der Waals surface area contributed by atoms with Gasteiger partial charge in [-0.15, -0.1) is 11.6 Å². The summed E-state index contributed by atoms with van der Waals surface area (Å²) in [5.41, 5.74) is -0.263. The molecule has 0 heterocycles. The third kappa shape index (κ3) is 4.58. The van der Waals surface area contributed by atoms with E-state index in [0.29, 0.717) is 12.4 Å². The van der Waals surface area contributed by atoms with Gasteiger partial charge in [0.25, 0.3) is 0 Å². The van der Waals surface area contributed by atoms with Crippen LogP contribution in [0.4, 0.5) is 0 Å². The topological polar surface area (TPSA) is 46.2 Å². The molecule has 0 spiro atoms. The van der Waals surface area contributed by atoms with Crippen molar-refractivity contribution in [3.63, 3.8) is 0 Å². The van der Waals surface area contributed by atoms with E-state index in [0.717, 1.165) is 4.47 Å². The average Bonchev–Trinajstić information content (AvgIpc) is 2.27. The molecule has 1 aromatic rings. The minimum Gasteiger partial charge on any atom is -0.211 e. The Bertz CT molecular complexity index is 488. The zero-order valence-electron chi connectivity index (χ0n) is 9.70. The maximum Gasteiger partial charge on any atom is 0.240 e. The van der Waals surface area contributed by atoms with Crippen LogP contribution in [0.15, 0.2) is 33.6 Å². The molecule has 0 aromatic heterocycles. The lowest BCUT2D eigenvalue weighted by Crippen LogP contribution is -2.35. The lowest BCUT2D eigenvalue weighted by atomic mass is 9.97. The van der Waals surface area contributed by atoms with Gasteiger partial charge in [-0.05, 0) is 23.6 Å². The van der Waals surface area contributed by atoms with Crippen molar-refractivity contribution in [3.05, 3.63) is 28.7 Å². The van der Waals surface area contributed by atoms with Gasteiger partial charge in [-0.1, -0.05) is 35.8 Å². The third-order valence-corrected chi connectivity index (χ3v) is 4.82. The second kappa shape index (κ2) is 5.69. The smallest absolute Gasteiger partial charge is 0.211 e. The Kier molecular flexibility index (Phi) is 5.01. The molecule has 6 heteroatoms. The zero-order chi connectivity index (χ0) is 13.1. The van der Waals surface area contributed by atoms with Crippen molar-refractivity contribution in [1.82, 2.24) is 4.72 Å². The molecule has 0 saturated heterocycles. The summed E-state index contributed by atoms with van der Waals surface area (Å²) in [5, 5.41) is 0. The van der Waals surface area contributed by atoms with Crippen molar-refractivity contribution in [2.24, 2.45) is 5.41 Å². The fraction of sp³-hybridized carbons (Fsp3) is 0.455. The Hall–Kier alpha value is -0.100. The van der Waals surface area contributed by atoms with E-state index in [1.165, 1.54) is 0 Å². The van der Waals surface area contributed by atoms with E-state index in [1.54, 1.807) is 24.3 Å². The van der Waals surface area contributed by atoms with Crippen molar-refractivity contribution >= 4 is 37.6 Å². The molecule has 0 aliphatic heterocycles. The molecule has 0 aliphatic rings. The Morgan fingerprint density at radius 2 is 2.06 bits per heavy atom. The van der Waals surface area contributed by atoms with Gasteiger partial charge in [-0.3, -0.25) is 0 Å². The Morgan fingerprint density at radius 1 is 1.41 bits per heavy atom. The van der Waals surface area contributed by atoms with Crippen molar-refractivity contribution in [3.8, 4) is 0 Å². The van der Waals surface area contributed by atoms with Crippen LogP contribution in [-0.2, 0) is 10.0 Å². The molecule has 96 valence electrons. The van der Waals surface area contributed by atoms with Gasteiger partial charge in [0.05, 0.1) is 4.90 Å². The molecule has 0 saturated carbocycles. The Morgan fingerprint density at radius 3 is 2.59 bits per heavy atom. The molecular weight excluding hydrogens is 326 g/mol. The van der Waals surface area contributed by atoms with Crippen molar-refractivity contribution in [1.29, 1.82) is 0 Å². The van der Waals surface area contributed by atoms with Gasteiger partial charge in [0.1, 0.15) is 0 Å². The maximum absolute atomic E-state index is 12.0. The number of alkyl halides is 1. The van der Waals surface area contributed by atoms with Gasteiger partial charge in [0.2, 0.25) is 10.0 Å². The lowest BCUT2D eigenvalue weighted by Gasteiger charge is -2.21. The highest BCUT2D eigenvalue weighted by atomic mass is 79.9. The number of hydrogen-bond acceptors (Lipinski definition) is 2. The molecule has 1 N–H and O–H groups in total. The summed E-state index contributed by atoms with van der Waals surface area (Å²) >= 11 is 9.00. The van der Waals surface area contributed by atoms with Crippen LogP contribution in [0.5, 0.6) is 0 Å². The monoisotopic (exact) mass is 339 g/mol. The fourth-order valence-electron chi connectivity index (χ4n) is 1.06. The van der Waals surface area contributed by atoms with Crippen LogP contribution in [-0.4, -0.2) is 20.8 Å². The van der Waals surface area contributed by atoms with Crippen molar-refractivity contribution in [2.75, 3.05) is 12.4 Å². The molecule has 0 aliphatic carbocycles. The first kappa shape index (κ1) is 15.0. The molecule has 0 radical (unpaired) electrons. The first-order valence-corrected chi connectivity index (χ1v) is 7.89. The first-order valence-electron chi connectivity index (χ1n) is 5.08. The molecule has 0 amide bonds. The van der Waals surface area contributed by atoms with E-state index in [1.807, 2.05) is 13.8 Å². The molecule has 0 bridgehead atoms. The summed E-state index contributed by atoms with van der Waals surface area (Å²) in [6.07, 6.45) is 0. The van der Waals surface area contributed by atoms with E-state index in [4.69, 9.17) is 11.6 Å². The van der Waals surface area contributed by atoms with Crippen molar-refractivity contribution < 1.29 is 8.42 Å². The van der Waals surface area contributed by atoms with Crippen LogP contribution in [0.3, 0.4) is 0 Å². The van der Waals surface area contributed by atoms with Gasteiger partial charge in [0.15, 0.2) is 0 Å². The van der Waals surface area contributed by atoms with E-state index >= 15 is 0 Å². The number of nitrogens with one attached hydrogen (secondary N) is 1. The molecular formula is C11H15BrClNO2S.